The maximum Gasteiger partial charge on any atom is 0.229 e. The summed E-state index contributed by atoms with van der Waals surface area (Å²) in [6.07, 6.45) is 4.46. The second-order valence-electron chi connectivity index (χ2n) is 4.82. The fourth-order valence-electron chi connectivity index (χ4n) is 2.79. The molecule has 0 radical (unpaired) electrons. The Morgan fingerprint density at radius 3 is 2.88 bits per heavy atom. The highest BCUT2D eigenvalue weighted by Gasteiger charge is 2.33. The molecule has 1 amide bonds. The van der Waals surface area contributed by atoms with Crippen molar-refractivity contribution in [3.8, 4) is 0 Å². The number of rotatable bonds is 0. The molecule has 1 aromatic carbocycles. The highest BCUT2D eigenvalue weighted by molar-refractivity contribution is 9.10. The highest BCUT2D eigenvalue weighted by Crippen LogP contribution is 2.35. The Hall–Kier alpha value is -1.03. The minimum atomic E-state index is 0.120. The number of halogens is 1. The molecule has 2 atom stereocenters. The maximum absolute atomic E-state index is 12.1. The van der Waals surface area contributed by atoms with Crippen molar-refractivity contribution >= 4 is 33.2 Å². The first-order chi connectivity index (χ1) is 8.24. The van der Waals surface area contributed by atoms with E-state index in [2.05, 4.69) is 26.6 Å². The van der Waals surface area contributed by atoms with Crippen molar-refractivity contribution in [3.05, 3.63) is 22.7 Å². The monoisotopic (exact) mass is 294 g/mol. The van der Waals surface area contributed by atoms with Crippen LogP contribution in [0.15, 0.2) is 22.7 Å². The van der Waals surface area contributed by atoms with Crippen LogP contribution in [-0.4, -0.2) is 11.9 Å². The Labute approximate surface area is 109 Å². The molecule has 0 spiro atoms. The van der Waals surface area contributed by atoms with Gasteiger partial charge in [0.1, 0.15) is 0 Å². The van der Waals surface area contributed by atoms with Crippen LogP contribution in [0, 0.1) is 5.92 Å². The van der Waals surface area contributed by atoms with E-state index in [1.54, 1.807) is 0 Å². The number of anilines is 2. The number of carbonyl (C=O) groups is 1. The molecular weight excluding hydrogens is 280 g/mol. The first-order valence-electron chi connectivity index (χ1n) is 6.11. The normalized spacial score (nSPS) is 27.2. The summed E-state index contributed by atoms with van der Waals surface area (Å²) in [4.78, 5) is 12.1. The summed E-state index contributed by atoms with van der Waals surface area (Å²) in [5, 5.41) is 6.55. The molecular formula is C13H15BrN2O. The number of amides is 1. The quantitative estimate of drug-likeness (QED) is 0.770. The summed E-state index contributed by atoms with van der Waals surface area (Å²) in [6, 6.07) is 6.23. The van der Waals surface area contributed by atoms with Gasteiger partial charge in [0.15, 0.2) is 0 Å². The van der Waals surface area contributed by atoms with Crippen LogP contribution in [0.2, 0.25) is 0 Å². The summed E-state index contributed by atoms with van der Waals surface area (Å²) in [7, 11) is 0. The van der Waals surface area contributed by atoms with E-state index in [1.165, 1.54) is 6.42 Å². The van der Waals surface area contributed by atoms with Crippen LogP contribution >= 0.6 is 15.9 Å². The zero-order chi connectivity index (χ0) is 11.8. The molecule has 2 N–H and O–H groups in total. The van der Waals surface area contributed by atoms with Gasteiger partial charge >= 0.3 is 0 Å². The summed E-state index contributed by atoms with van der Waals surface area (Å²) >= 11 is 3.47. The van der Waals surface area contributed by atoms with Crippen LogP contribution in [0.25, 0.3) is 0 Å². The molecule has 1 aromatic rings. The van der Waals surface area contributed by atoms with E-state index in [9.17, 15) is 4.79 Å². The van der Waals surface area contributed by atoms with E-state index in [0.29, 0.717) is 6.04 Å². The molecule has 3 rings (SSSR count). The minimum absolute atomic E-state index is 0.120. The third kappa shape index (κ3) is 2.06. The number of fused-ring (bicyclic) bond motifs is 2. The van der Waals surface area contributed by atoms with Crippen LogP contribution in [-0.2, 0) is 4.79 Å². The molecule has 0 aromatic heterocycles. The van der Waals surface area contributed by atoms with Crippen molar-refractivity contribution in [2.24, 2.45) is 5.92 Å². The lowest BCUT2D eigenvalue weighted by Gasteiger charge is -2.29. The lowest BCUT2D eigenvalue weighted by Crippen LogP contribution is -2.37. The van der Waals surface area contributed by atoms with E-state index in [0.717, 1.165) is 35.1 Å². The number of hydrogen-bond acceptors (Lipinski definition) is 2. The molecule has 0 bridgehead atoms. The summed E-state index contributed by atoms with van der Waals surface area (Å²) < 4.78 is 1.03. The van der Waals surface area contributed by atoms with E-state index in [4.69, 9.17) is 0 Å². The predicted molar refractivity (Wildman–Crippen MR) is 72.1 cm³/mol. The molecule has 1 aliphatic carbocycles. The fourth-order valence-corrected chi connectivity index (χ4v) is 3.15. The zero-order valence-corrected chi connectivity index (χ0v) is 11.1. The largest absolute Gasteiger partial charge is 0.380 e. The fraction of sp³-hybridized carbons (Fsp3) is 0.462. The third-order valence-corrected chi connectivity index (χ3v) is 4.18. The molecule has 1 aliphatic heterocycles. The van der Waals surface area contributed by atoms with Gasteiger partial charge in [0.25, 0.3) is 0 Å². The molecule has 1 saturated carbocycles. The topological polar surface area (TPSA) is 41.1 Å². The minimum Gasteiger partial charge on any atom is -0.380 e. The number of carbonyl (C=O) groups excluding carboxylic acids is 1. The maximum atomic E-state index is 12.1. The summed E-state index contributed by atoms with van der Waals surface area (Å²) in [5.41, 5.74) is 1.93. The van der Waals surface area contributed by atoms with Gasteiger partial charge in [-0.05, 0) is 31.0 Å². The average Bonchev–Trinajstić information content (AvgIpc) is 2.46. The van der Waals surface area contributed by atoms with E-state index in [-0.39, 0.29) is 11.8 Å². The van der Waals surface area contributed by atoms with Gasteiger partial charge in [-0.1, -0.05) is 28.8 Å². The van der Waals surface area contributed by atoms with Crippen LogP contribution in [0.3, 0.4) is 0 Å². The van der Waals surface area contributed by atoms with Crippen molar-refractivity contribution in [1.29, 1.82) is 0 Å². The van der Waals surface area contributed by atoms with Gasteiger partial charge in [-0.25, -0.2) is 0 Å². The first-order valence-corrected chi connectivity index (χ1v) is 6.90. The van der Waals surface area contributed by atoms with Crippen LogP contribution in [0.4, 0.5) is 11.4 Å². The predicted octanol–water partition coefficient (Wildman–Crippen LogP) is 3.37. The SMILES string of the molecule is O=C1Nc2ccc(Br)cc2NC2CCCCC12. The smallest absolute Gasteiger partial charge is 0.229 e. The second-order valence-corrected chi connectivity index (χ2v) is 5.74. The van der Waals surface area contributed by atoms with Crippen LogP contribution < -0.4 is 10.6 Å². The molecule has 17 heavy (non-hydrogen) atoms. The molecule has 0 saturated heterocycles. The van der Waals surface area contributed by atoms with Gasteiger partial charge in [0, 0.05) is 10.5 Å². The lowest BCUT2D eigenvalue weighted by atomic mass is 9.84. The van der Waals surface area contributed by atoms with Crippen molar-refractivity contribution in [2.45, 2.75) is 31.7 Å². The average molecular weight is 295 g/mol. The molecule has 2 unspecified atom stereocenters. The van der Waals surface area contributed by atoms with Crippen LogP contribution in [0.1, 0.15) is 25.7 Å². The zero-order valence-electron chi connectivity index (χ0n) is 9.50. The van der Waals surface area contributed by atoms with Crippen molar-refractivity contribution in [1.82, 2.24) is 0 Å². The molecule has 1 heterocycles. The van der Waals surface area contributed by atoms with Gasteiger partial charge in [-0.3, -0.25) is 4.79 Å². The van der Waals surface area contributed by atoms with E-state index < -0.39 is 0 Å². The first kappa shape index (κ1) is 11.1. The highest BCUT2D eigenvalue weighted by atomic mass is 79.9. The van der Waals surface area contributed by atoms with Crippen molar-refractivity contribution in [3.63, 3.8) is 0 Å². The van der Waals surface area contributed by atoms with E-state index >= 15 is 0 Å². The Kier molecular flexibility index (Phi) is 2.82. The van der Waals surface area contributed by atoms with Gasteiger partial charge in [0.05, 0.1) is 17.3 Å². The lowest BCUT2D eigenvalue weighted by molar-refractivity contribution is -0.120. The Balaban J connectivity index is 1.98. The standard InChI is InChI=1S/C13H15BrN2O/c14-8-5-6-11-12(7-8)15-10-4-2-1-3-9(10)13(17)16-11/h5-7,9-10,15H,1-4H2,(H,16,17). The van der Waals surface area contributed by atoms with Crippen LogP contribution in [0.5, 0.6) is 0 Å². The molecule has 3 nitrogen and oxygen atoms in total. The van der Waals surface area contributed by atoms with Gasteiger partial charge < -0.3 is 10.6 Å². The van der Waals surface area contributed by atoms with Gasteiger partial charge in [-0.2, -0.15) is 0 Å². The molecule has 90 valence electrons. The Morgan fingerprint density at radius 1 is 1.18 bits per heavy atom. The molecule has 4 heteroatoms. The summed E-state index contributed by atoms with van der Waals surface area (Å²) in [5.74, 6) is 0.290. The number of hydrogen-bond donors (Lipinski definition) is 2. The van der Waals surface area contributed by atoms with Gasteiger partial charge in [-0.15, -0.1) is 0 Å². The Bertz CT molecular complexity index is 461. The molecule has 2 aliphatic rings. The third-order valence-electron chi connectivity index (χ3n) is 3.68. The van der Waals surface area contributed by atoms with Gasteiger partial charge in [0.2, 0.25) is 5.91 Å². The molecule has 1 fully saturated rings. The number of benzene rings is 1. The van der Waals surface area contributed by atoms with E-state index in [1.807, 2.05) is 18.2 Å². The second kappa shape index (κ2) is 4.33. The van der Waals surface area contributed by atoms with Crippen molar-refractivity contribution in [2.75, 3.05) is 10.6 Å². The van der Waals surface area contributed by atoms with Crippen molar-refractivity contribution < 1.29 is 4.79 Å². The number of nitrogens with one attached hydrogen (secondary N) is 2. The summed E-state index contributed by atoms with van der Waals surface area (Å²) in [6.45, 7) is 0. The Morgan fingerprint density at radius 2 is 2.00 bits per heavy atom.